The third-order valence-electron chi connectivity index (χ3n) is 2.92. The van der Waals surface area contributed by atoms with E-state index in [9.17, 15) is 18.0 Å². The van der Waals surface area contributed by atoms with Crippen LogP contribution in [0.2, 0.25) is 0 Å². The van der Waals surface area contributed by atoms with Crippen LogP contribution in [0.4, 0.5) is 24.8 Å². The lowest BCUT2D eigenvalue weighted by Gasteiger charge is -2.15. The second-order valence-electron chi connectivity index (χ2n) is 4.41. The molecular formula is C11H13F3N4O. The van der Waals surface area contributed by atoms with Gasteiger partial charge in [0.2, 0.25) is 5.91 Å². The van der Waals surface area contributed by atoms with Crippen molar-refractivity contribution in [3.05, 3.63) is 17.7 Å². The summed E-state index contributed by atoms with van der Waals surface area (Å²) < 4.78 is 37.8. The fourth-order valence-corrected chi connectivity index (χ4v) is 1.92. The van der Waals surface area contributed by atoms with Crippen molar-refractivity contribution in [3.63, 3.8) is 0 Å². The minimum Gasteiger partial charge on any atom is -0.384 e. The Labute approximate surface area is 107 Å². The molecule has 1 unspecified atom stereocenters. The molecule has 0 aliphatic carbocycles. The first-order chi connectivity index (χ1) is 8.77. The molecule has 0 spiro atoms. The summed E-state index contributed by atoms with van der Waals surface area (Å²) in [6.45, 7) is 0.560. The van der Waals surface area contributed by atoms with Gasteiger partial charge in [0.1, 0.15) is 17.7 Å². The predicted octanol–water partition coefficient (Wildman–Crippen LogP) is 1.33. The summed E-state index contributed by atoms with van der Waals surface area (Å²) >= 11 is 0. The van der Waals surface area contributed by atoms with Crippen LogP contribution in [0.5, 0.6) is 0 Å². The number of nitrogens with one attached hydrogen (secondary N) is 1. The lowest BCUT2D eigenvalue weighted by atomic mass is 10.2. The third kappa shape index (κ3) is 2.88. The Bertz CT molecular complexity index is 503. The van der Waals surface area contributed by atoms with Crippen LogP contribution in [0.3, 0.4) is 0 Å². The van der Waals surface area contributed by atoms with Crippen molar-refractivity contribution in [1.29, 1.82) is 0 Å². The van der Waals surface area contributed by atoms with E-state index in [0.717, 1.165) is 12.1 Å². The van der Waals surface area contributed by atoms with E-state index < -0.39 is 17.8 Å². The molecule has 104 valence electrons. The highest BCUT2D eigenvalue weighted by molar-refractivity contribution is 5.86. The van der Waals surface area contributed by atoms with Crippen molar-refractivity contribution in [1.82, 2.24) is 9.88 Å². The summed E-state index contributed by atoms with van der Waals surface area (Å²) in [5, 5.41) is 2.69. The topological polar surface area (TPSA) is 71.2 Å². The van der Waals surface area contributed by atoms with Gasteiger partial charge in [0.25, 0.3) is 0 Å². The van der Waals surface area contributed by atoms with Crippen molar-refractivity contribution in [3.8, 4) is 0 Å². The van der Waals surface area contributed by atoms with E-state index >= 15 is 0 Å². The number of amides is 1. The number of hydrogen-bond acceptors (Lipinski definition) is 4. The lowest BCUT2D eigenvalue weighted by molar-refractivity contribution is -0.137. The number of halogens is 3. The van der Waals surface area contributed by atoms with Crippen LogP contribution in [0.1, 0.15) is 12.0 Å². The van der Waals surface area contributed by atoms with E-state index in [4.69, 9.17) is 5.73 Å². The maximum Gasteiger partial charge on any atom is 0.416 e. The van der Waals surface area contributed by atoms with Crippen LogP contribution < -0.4 is 11.1 Å². The van der Waals surface area contributed by atoms with Gasteiger partial charge in [-0.1, -0.05) is 0 Å². The van der Waals surface area contributed by atoms with Crippen molar-refractivity contribution in [2.45, 2.75) is 18.6 Å². The van der Waals surface area contributed by atoms with Crippen LogP contribution in [-0.2, 0) is 11.0 Å². The van der Waals surface area contributed by atoms with Gasteiger partial charge in [-0.3, -0.25) is 4.79 Å². The molecule has 1 atom stereocenters. The van der Waals surface area contributed by atoms with E-state index in [0.29, 0.717) is 13.0 Å². The van der Waals surface area contributed by atoms with Gasteiger partial charge in [0.05, 0.1) is 5.56 Å². The maximum absolute atomic E-state index is 12.6. The highest BCUT2D eigenvalue weighted by Crippen LogP contribution is 2.31. The molecule has 1 saturated heterocycles. The van der Waals surface area contributed by atoms with E-state index in [-0.39, 0.29) is 17.5 Å². The average molecular weight is 274 g/mol. The Morgan fingerprint density at radius 3 is 2.68 bits per heavy atom. The van der Waals surface area contributed by atoms with Crippen LogP contribution in [0.15, 0.2) is 12.1 Å². The van der Waals surface area contributed by atoms with Gasteiger partial charge < -0.3 is 16.0 Å². The molecule has 1 aromatic heterocycles. The first-order valence-electron chi connectivity index (χ1n) is 5.63. The average Bonchev–Trinajstić information content (AvgIpc) is 2.59. The number of nitrogens with zero attached hydrogens (tertiary/aromatic N) is 2. The molecule has 1 aliphatic rings. The molecule has 19 heavy (non-hydrogen) atoms. The molecule has 1 aromatic rings. The number of rotatable bonds is 2. The van der Waals surface area contributed by atoms with Gasteiger partial charge in [-0.05, 0) is 18.6 Å². The number of nitrogens with two attached hydrogens (primary N) is 1. The van der Waals surface area contributed by atoms with Crippen molar-refractivity contribution >= 4 is 17.5 Å². The SMILES string of the molecule is CN1CCC(Nc2cc(C(F)(F)F)cc(N)n2)C1=O. The molecule has 0 aromatic carbocycles. The van der Waals surface area contributed by atoms with Crippen molar-refractivity contribution in [2.75, 3.05) is 24.6 Å². The Morgan fingerprint density at radius 1 is 1.47 bits per heavy atom. The Hall–Kier alpha value is -1.99. The molecule has 0 bridgehead atoms. The van der Waals surface area contributed by atoms with Crippen LogP contribution in [0.25, 0.3) is 0 Å². The number of hydrogen-bond donors (Lipinski definition) is 2. The van der Waals surface area contributed by atoms with E-state index in [2.05, 4.69) is 10.3 Å². The second kappa shape index (κ2) is 4.60. The summed E-state index contributed by atoms with van der Waals surface area (Å²) in [4.78, 5) is 16.9. The summed E-state index contributed by atoms with van der Waals surface area (Å²) in [6, 6.07) is 1.05. The van der Waals surface area contributed by atoms with E-state index in [1.807, 2.05) is 0 Å². The van der Waals surface area contributed by atoms with Crippen LogP contribution in [0, 0.1) is 0 Å². The van der Waals surface area contributed by atoms with Gasteiger partial charge in [0, 0.05) is 13.6 Å². The Balaban J connectivity index is 2.22. The predicted molar refractivity (Wildman–Crippen MR) is 63.3 cm³/mol. The molecule has 8 heteroatoms. The Morgan fingerprint density at radius 2 is 2.16 bits per heavy atom. The van der Waals surface area contributed by atoms with Gasteiger partial charge in [-0.2, -0.15) is 13.2 Å². The first-order valence-corrected chi connectivity index (χ1v) is 5.63. The minimum absolute atomic E-state index is 0.0408. The molecule has 1 fully saturated rings. The molecule has 2 heterocycles. The quantitative estimate of drug-likeness (QED) is 0.853. The normalized spacial score (nSPS) is 19.9. The number of likely N-dealkylation sites (N-methyl/N-ethyl adjacent to an activating group) is 1. The molecule has 1 aliphatic heterocycles. The number of carbonyl (C=O) groups is 1. The van der Waals surface area contributed by atoms with Crippen molar-refractivity contribution < 1.29 is 18.0 Å². The smallest absolute Gasteiger partial charge is 0.384 e. The van der Waals surface area contributed by atoms with Gasteiger partial charge in [0.15, 0.2) is 0 Å². The summed E-state index contributed by atoms with van der Waals surface area (Å²) in [5.74, 6) is -0.449. The van der Waals surface area contributed by atoms with Gasteiger partial charge >= 0.3 is 6.18 Å². The Kier molecular flexibility index (Phi) is 3.25. The minimum atomic E-state index is -4.50. The fraction of sp³-hybridized carbons (Fsp3) is 0.455. The highest BCUT2D eigenvalue weighted by atomic mass is 19.4. The molecule has 5 nitrogen and oxygen atoms in total. The maximum atomic E-state index is 12.6. The molecular weight excluding hydrogens is 261 g/mol. The van der Waals surface area contributed by atoms with Crippen molar-refractivity contribution in [2.24, 2.45) is 0 Å². The molecule has 3 N–H and O–H groups in total. The number of carbonyl (C=O) groups excluding carboxylic acids is 1. The summed E-state index contributed by atoms with van der Waals surface area (Å²) in [6.07, 6.45) is -3.98. The highest BCUT2D eigenvalue weighted by Gasteiger charge is 2.33. The van der Waals surface area contributed by atoms with E-state index in [1.165, 1.54) is 4.90 Å². The summed E-state index contributed by atoms with van der Waals surface area (Å²) in [5.41, 5.74) is 4.46. The molecule has 0 saturated carbocycles. The summed E-state index contributed by atoms with van der Waals surface area (Å²) in [7, 11) is 1.64. The van der Waals surface area contributed by atoms with Gasteiger partial charge in [-0.25, -0.2) is 4.98 Å². The zero-order valence-electron chi connectivity index (χ0n) is 10.2. The number of pyridine rings is 1. The van der Waals surface area contributed by atoms with Gasteiger partial charge in [-0.15, -0.1) is 0 Å². The monoisotopic (exact) mass is 274 g/mol. The molecule has 1 amide bonds. The zero-order valence-corrected chi connectivity index (χ0v) is 10.2. The number of alkyl halides is 3. The number of anilines is 2. The third-order valence-corrected chi connectivity index (χ3v) is 2.92. The lowest BCUT2D eigenvalue weighted by Crippen LogP contribution is -2.31. The molecule has 0 radical (unpaired) electrons. The largest absolute Gasteiger partial charge is 0.416 e. The first kappa shape index (κ1) is 13.4. The fourth-order valence-electron chi connectivity index (χ4n) is 1.92. The standard InChI is InChI=1S/C11H13F3N4O/c1-18-3-2-7(10(18)19)16-9-5-6(11(12,13)14)4-8(15)17-9/h4-5,7H,2-3H2,1H3,(H3,15,16,17). The van der Waals surface area contributed by atoms with Crippen LogP contribution >= 0.6 is 0 Å². The van der Waals surface area contributed by atoms with Crippen LogP contribution in [-0.4, -0.2) is 35.4 Å². The number of aromatic nitrogens is 1. The van der Waals surface area contributed by atoms with E-state index in [1.54, 1.807) is 7.05 Å². The second-order valence-corrected chi connectivity index (χ2v) is 4.41. The number of likely N-dealkylation sites (tertiary alicyclic amines) is 1. The number of nitrogen functional groups attached to an aromatic ring is 1. The molecule has 2 rings (SSSR count). The zero-order chi connectivity index (χ0) is 14.2.